The van der Waals surface area contributed by atoms with Gasteiger partial charge in [0.05, 0.1) is 0 Å². The van der Waals surface area contributed by atoms with Crippen LogP contribution in [0.25, 0.3) is 5.57 Å². The zero-order valence-corrected chi connectivity index (χ0v) is 9.51. The summed E-state index contributed by atoms with van der Waals surface area (Å²) >= 11 is 0. The van der Waals surface area contributed by atoms with Crippen LogP contribution >= 0.6 is 0 Å². The first-order chi connectivity index (χ1) is 6.77. The lowest BCUT2D eigenvalue weighted by atomic mass is 9.99. The van der Waals surface area contributed by atoms with E-state index in [2.05, 4.69) is 51.1 Å². The highest BCUT2D eigenvalue weighted by molar-refractivity contribution is 5.65. The van der Waals surface area contributed by atoms with Gasteiger partial charge in [0.25, 0.3) is 0 Å². The quantitative estimate of drug-likeness (QED) is 0.648. The largest absolute Gasteiger partial charge is 0.0810 e. The third kappa shape index (κ3) is 3.02. The van der Waals surface area contributed by atoms with Crippen molar-refractivity contribution in [3.63, 3.8) is 0 Å². The summed E-state index contributed by atoms with van der Waals surface area (Å²) < 4.78 is 0. The van der Waals surface area contributed by atoms with E-state index in [1.165, 1.54) is 29.5 Å². The molecule has 0 amide bonds. The molecule has 0 aliphatic rings. The molecule has 0 spiro atoms. The molecule has 0 radical (unpaired) electrons. The molecule has 0 heteroatoms. The predicted octanol–water partition coefficient (Wildman–Crippen LogP) is 4.59. The molecule has 1 rings (SSSR count). The molecule has 0 aliphatic heterocycles. The minimum atomic E-state index is 1.13. The van der Waals surface area contributed by atoms with E-state index in [0.717, 1.165) is 6.42 Å². The van der Waals surface area contributed by atoms with E-state index in [1.54, 1.807) is 0 Å². The Morgan fingerprint density at radius 1 is 1.29 bits per heavy atom. The highest BCUT2D eigenvalue weighted by atomic mass is 14.0. The van der Waals surface area contributed by atoms with Gasteiger partial charge in [-0.15, -0.1) is 0 Å². The second-order valence-corrected chi connectivity index (χ2v) is 3.76. The first kappa shape index (κ1) is 11.0. The fraction of sp³-hybridized carbons (Fsp3) is 0.429. The van der Waals surface area contributed by atoms with Gasteiger partial charge in [0.15, 0.2) is 0 Å². The SMILES string of the molecule is CC/C=C(/CCC)c1cccc(C)c1. The van der Waals surface area contributed by atoms with Crippen molar-refractivity contribution >= 4 is 5.57 Å². The van der Waals surface area contributed by atoms with Crippen LogP contribution in [0.5, 0.6) is 0 Å². The number of benzene rings is 1. The van der Waals surface area contributed by atoms with Crippen molar-refractivity contribution in [2.24, 2.45) is 0 Å². The van der Waals surface area contributed by atoms with Crippen LogP contribution in [0.4, 0.5) is 0 Å². The molecule has 0 atom stereocenters. The standard InChI is InChI=1S/C14H20/c1-4-7-13(8-5-2)14-10-6-9-12(3)11-14/h6-7,9-11H,4-5,8H2,1-3H3/b13-7-. The zero-order chi connectivity index (χ0) is 10.4. The summed E-state index contributed by atoms with van der Waals surface area (Å²) in [6.45, 7) is 6.59. The number of rotatable bonds is 4. The zero-order valence-electron chi connectivity index (χ0n) is 9.51. The van der Waals surface area contributed by atoms with Crippen LogP contribution in [0.2, 0.25) is 0 Å². The van der Waals surface area contributed by atoms with Crippen molar-refractivity contribution in [1.29, 1.82) is 0 Å². The van der Waals surface area contributed by atoms with Crippen molar-refractivity contribution in [1.82, 2.24) is 0 Å². The van der Waals surface area contributed by atoms with Crippen molar-refractivity contribution in [3.05, 3.63) is 41.5 Å². The van der Waals surface area contributed by atoms with Gasteiger partial charge in [-0.2, -0.15) is 0 Å². The Labute approximate surface area is 87.7 Å². The summed E-state index contributed by atoms with van der Waals surface area (Å²) in [5.74, 6) is 0. The molecular weight excluding hydrogens is 168 g/mol. The lowest BCUT2D eigenvalue weighted by Crippen LogP contribution is -1.85. The molecule has 0 aliphatic carbocycles. The van der Waals surface area contributed by atoms with Crippen LogP contribution in [0, 0.1) is 6.92 Å². The average Bonchev–Trinajstić information content (AvgIpc) is 2.17. The van der Waals surface area contributed by atoms with E-state index >= 15 is 0 Å². The first-order valence-corrected chi connectivity index (χ1v) is 5.54. The second kappa shape index (κ2) is 5.64. The third-order valence-corrected chi connectivity index (χ3v) is 2.36. The average molecular weight is 188 g/mol. The Hall–Kier alpha value is -1.04. The molecule has 0 fully saturated rings. The maximum absolute atomic E-state index is 2.35. The van der Waals surface area contributed by atoms with E-state index in [9.17, 15) is 0 Å². The number of hydrogen-bond donors (Lipinski definition) is 0. The van der Waals surface area contributed by atoms with Crippen molar-refractivity contribution in [3.8, 4) is 0 Å². The van der Waals surface area contributed by atoms with E-state index < -0.39 is 0 Å². The molecule has 0 nitrogen and oxygen atoms in total. The second-order valence-electron chi connectivity index (χ2n) is 3.76. The van der Waals surface area contributed by atoms with Crippen LogP contribution in [-0.4, -0.2) is 0 Å². The summed E-state index contributed by atoms with van der Waals surface area (Å²) in [6.07, 6.45) is 5.89. The van der Waals surface area contributed by atoms with Crippen LogP contribution in [0.3, 0.4) is 0 Å². The monoisotopic (exact) mass is 188 g/mol. The lowest BCUT2D eigenvalue weighted by Gasteiger charge is -2.07. The van der Waals surface area contributed by atoms with Crippen LogP contribution < -0.4 is 0 Å². The van der Waals surface area contributed by atoms with Crippen LogP contribution in [-0.2, 0) is 0 Å². The summed E-state index contributed by atoms with van der Waals surface area (Å²) in [5.41, 5.74) is 4.24. The fourth-order valence-electron chi connectivity index (χ4n) is 1.72. The summed E-state index contributed by atoms with van der Waals surface area (Å²) in [5, 5.41) is 0. The van der Waals surface area contributed by atoms with Gasteiger partial charge < -0.3 is 0 Å². The normalized spacial score (nSPS) is 11.8. The topological polar surface area (TPSA) is 0 Å². The van der Waals surface area contributed by atoms with E-state index in [1.807, 2.05) is 0 Å². The van der Waals surface area contributed by atoms with Gasteiger partial charge in [0, 0.05) is 0 Å². The van der Waals surface area contributed by atoms with Gasteiger partial charge in [0.1, 0.15) is 0 Å². The van der Waals surface area contributed by atoms with E-state index in [-0.39, 0.29) is 0 Å². The van der Waals surface area contributed by atoms with Gasteiger partial charge in [-0.1, -0.05) is 56.2 Å². The number of aryl methyl sites for hydroxylation is 1. The van der Waals surface area contributed by atoms with Crippen molar-refractivity contribution < 1.29 is 0 Å². The first-order valence-electron chi connectivity index (χ1n) is 5.54. The molecule has 0 bridgehead atoms. The number of hydrogen-bond acceptors (Lipinski definition) is 0. The summed E-state index contributed by atoms with van der Waals surface area (Å²) in [4.78, 5) is 0. The van der Waals surface area contributed by atoms with Gasteiger partial charge in [-0.3, -0.25) is 0 Å². The maximum atomic E-state index is 2.35. The molecule has 0 saturated heterocycles. The van der Waals surface area contributed by atoms with Gasteiger partial charge in [-0.25, -0.2) is 0 Å². The molecule has 1 aromatic rings. The van der Waals surface area contributed by atoms with Crippen molar-refractivity contribution in [2.45, 2.75) is 40.0 Å². The van der Waals surface area contributed by atoms with Gasteiger partial charge in [0.2, 0.25) is 0 Å². The molecule has 76 valence electrons. The summed E-state index contributed by atoms with van der Waals surface area (Å²) in [6, 6.07) is 8.78. The van der Waals surface area contributed by atoms with Crippen LogP contribution in [0.1, 0.15) is 44.2 Å². The Morgan fingerprint density at radius 3 is 2.64 bits per heavy atom. The molecule has 1 aromatic carbocycles. The molecular formula is C14H20. The van der Waals surface area contributed by atoms with Crippen LogP contribution in [0.15, 0.2) is 30.3 Å². The smallest absolute Gasteiger partial charge is 0.0225 e. The van der Waals surface area contributed by atoms with Gasteiger partial charge >= 0.3 is 0 Å². The molecule has 0 heterocycles. The van der Waals surface area contributed by atoms with Crippen molar-refractivity contribution in [2.75, 3.05) is 0 Å². The Kier molecular flexibility index (Phi) is 4.45. The summed E-state index contributed by atoms with van der Waals surface area (Å²) in [7, 11) is 0. The molecule has 0 unspecified atom stereocenters. The Bertz CT molecular complexity index is 308. The molecule has 0 aromatic heterocycles. The number of allylic oxidation sites excluding steroid dienone is 2. The molecule has 14 heavy (non-hydrogen) atoms. The highest BCUT2D eigenvalue weighted by Crippen LogP contribution is 2.21. The van der Waals surface area contributed by atoms with E-state index in [4.69, 9.17) is 0 Å². The Balaban J connectivity index is 2.93. The minimum Gasteiger partial charge on any atom is -0.0810 e. The Morgan fingerprint density at radius 2 is 2.07 bits per heavy atom. The van der Waals surface area contributed by atoms with E-state index in [0.29, 0.717) is 0 Å². The predicted molar refractivity (Wildman–Crippen MR) is 64.4 cm³/mol. The lowest BCUT2D eigenvalue weighted by molar-refractivity contribution is 0.967. The fourth-order valence-corrected chi connectivity index (χ4v) is 1.72. The molecule has 0 N–H and O–H groups in total. The minimum absolute atomic E-state index is 1.13. The maximum Gasteiger partial charge on any atom is -0.0225 e. The highest BCUT2D eigenvalue weighted by Gasteiger charge is 1.99. The molecule has 0 saturated carbocycles. The third-order valence-electron chi connectivity index (χ3n) is 2.36. The van der Waals surface area contributed by atoms with Gasteiger partial charge in [-0.05, 0) is 30.9 Å².